The van der Waals surface area contributed by atoms with Crippen molar-refractivity contribution in [2.45, 2.75) is 24.7 Å². The van der Waals surface area contributed by atoms with Crippen molar-refractivity contribution in [2.75, 3.05) is 4.90 Å². The van der Waals surface area contributed by atoms with Gasteiger partial charge in [-0.1, -0.05) is 89.9 Å². The summed E-state index contributed by atoms with van der Waals surface area (Å²) in [6.45, 7) is 1.87. The summed E-state index contributed by atoms with van der Waals surface area (Å²) in [5.41, 5.74) is 7.49. The summed E-state index contributed by atoms with van der Waals surface area (Å²) in [5, 5.41) is 5.54. The predicted octanol–water partition coefficient (Wildman–Crippen LogP) is 6.20. The van der Waals surface area contributed by atoms with E-state index in [4.69, 9.17) is 23.2 Å². The molecule has 3 aliphatic carbocycles. The van der Waals surface area contributed by atoms with E-state index >= 15 is 0 Å². The van der Waals surface area contributed by atoms with Crippen molar-refractivity contribution in [1.82, 2.24) is 5.43 Å². The normalized spacial score (nSPS) is 23.6. The Morgan fingerprint density at radius 2 is 1.55 bits per heavy atom. The summed E-state index contributed by atoms with van der Waals surface area (Å²) in [5.74, 6) is -2.56. The number of halogens is 2. The van der Waals surface area contributed by atoms with E-state index in [2.05, 4.69) is 10.5 Å². The molecule has 4 aromatic carbocycles. The lowest BCUT2D eigenvalue weighted by Crippen LogP contribution is -2.54. The Labute approximate surface area is 253 Å². The van der Waals surface area contributed by atoms with Gasteiger partial charge >= 0.3 is 0 Å². The third-order valence-electron chi connectivity index (χ3n) is 8.83. The Morgan fingerprint density at radius 1 is 0.905 bits per heavy atom. The van der Waals surface area contributed by atoms with Crippen LogP contribution in [0.25, 0.3) is 0 Å². The number of hydrazone groups is 1. The third kappa shape index (κ3) is 3.86. The minimum Gasteiger partial charge on any atom is -0.274 e. The van der Waals surface area contributed by atoms with Gasteiger partial charge in [0.2, 0.25) is 17.7 Å². The molecule has 8 rings (SSSR count). The minimum absolute atomic E-state index is 0.113. The second-order valence-corrected chi connectivity index (χ2v) is 11.9. The molecule has 3 amide bonds. The largest absolute Gasteiger partial charge is 0.274 e. The molecule has 1 aliphatic heterocycles. The number of carbonyl (C=O) groups excluding carboxylic acids is 3. The molecule has 2 atom stereocenters. The molecule has 42 heavy (non-hydrogen) atoms. The third-order valence-corrected chi connectivity index (χ3v) is 9.49. The van der Waals surface area contributed by atoms with E-state index in [1.165, 1.54) is 4.90 Å². The Morgan fingerprint density at radius 3 is 2.19 bits per heavy atom. The molecular formula is C34H25Cl2N3O3. The quantitative estimate of drug-likeness (QED) is 0.170. The van der Waals surface area contributed by atoms with Crippen molar-refractivity contribution >= 4 is 52.8 Å². The van der Waals surface area contributed by atoms with E-state index in [-0.39, 0.29) is 30.1 Å². The van der Waals surface area contributed by atoms with Crippen LogP contribution in [0.1, 0.15) is 39.3 Å². The molecular weight excluding hydrogens is 569 g/mol. The zero-order valence-corrected chi connectivity index (χ0v) is 24.1. The summed E-state index contributed by atoms with van der Waals surface area (Å²) in [6.07, 6.45) is 1.77. The van der Waals surface area contributed by atoms with Crippen LogP contribution >= 0.6 is 23.2 Å². The van der Waals surface area contributed by atoms with Crippen molar-refractivity contribution in [2.24, 2.45) is 16.9 Å². The van der Waals surface area contributed by atoms with E-state index in [0.29, 0.717) is 15.7 Å². The van der Waals surface area contributed by atoms with Crippen LogP contribution in [0.5, 0.6) is 0 Å². The number of aryl methyl sites for hydroxylation is 1. The predicted molar refractivity (Wildman–Crippen MR) is 163 cm³/mol. The molecule has 0 saturated carbocycles. The zero-order chi connectivity index (χ0) is 29.2. The van der Waals surface area contributed by atoms with Crippen molar-refractivity contribution in [1.29, 1.82) is 0 Å². The van der Waals surface area contributed by atoms with Gasteiger partial charge in [0.1, 0.15) is 0 Å². The highest BCUT2D eigenvalue weighted by molar-refractivity contribution is 6.32. The van der Waals surface area contributed by atoms with Gasteiger partial charge < -0.3 is 0 Å². The van der Waals surface area contributed by atoms with Gasteiger partial charge in [-0.2, -0.15) is 5.10 Å². The molecule has 0 spiro atoms. The van der Waals surface area contributed by atoms with Crippen LogP contribution in [0, 0.1) is 18.8 Å². The number of rotatable bonds is 5. The van der Waals surface area contributed by atoms with Gasteiger partial charge in [0.05, 0.1) is 29.4 Å². The van der Waals surface area contributed by atoms with Crippen LogP contribution in [0.15, 0.2) is 96.1 Å². The second-order valence-electron chi connectivity index (χ2n) is 11.1. The minimum atomic E-state index is -1.07. The SMILES string of the molecule is Cc1ccc(N2C(=O)[C@@H]3C4c5ccccc5C(/C=N\NC(=O)Cc5ccc(Cl)cc5)(c5ccccc54)[C@H]3C2=O)cc1Cl. The number of imide groups is 1. The molecule has 0 unspecified atom stereocenters. The fourth-order valence-electron chi connectivity index (χ4n) is 7.06. The standard InChI is InChI=1S/C34H25Cl2N3O3/c1-19-10-15-22(17-27(19)36)39-32(41)30-29-23-6-2-4-8-25(23)34(31(30)33(39)42,26-9-5-3-7-24(26)29)18-37-38-28(40)16-20-11-13-21(35)14-12-20/h2-15,17-18,29-31H,16H2,1H3,(H,38,40)/b37-18-/t29?,30-,31-,34?/m1/s1. The van der Waals surface area contributed by atoms with E-state index in [9.17, 15) is 14.4 Å². The van der Waals surface area contributed by atoms with Crippen molar-refractivity contribution in [3.05, 3.63) is 134 Å². The molecule has 1 saturated heterocycles. The molecule has 1 N–H and O–H groups in total. The van der Waals surface area contributed by atoms with Gasteiger partial charge in [-0.15, -0.1) is 0 Å². The average molecular weight is 594 g/mol. The van der Waals surface area contributed by atoms with Crippen LogP contribution in [0.3, 0.4) is 0 Å². The van der Waals surface area contributed by atoms with Gasteiger partial charge in [-0.25, -0.2) is 10.3 Å². The van der Waals surface area contributed by atoms with E-state index in [1.807, 2.05) is 61.5 Å². The Kier molecular flexibility index (Phi) is 6.30. The van der Waals surface area contributed by atoms with Gasteiger partial charge in [-0.05, 0) is 64.6 Å². The molecule has 1 heterocycles. The molecule has 8 heteroatoms. The van der Waals surface area contributed by atoms with E-state index < -0.39 is 17.3 Å². The number of carbonyl (C=O) groups is 3. The Hall–Kier alpha value is -4.26. The van der Waals surface area contributed by atoms with E-state index in [1.54, 1.807) is 42.6 Å². The Balaban J connectivity index is 1.35. The maximum Gasteiger partial charge on any atom is 0.244 e. The van der Waals surface area contributed by atoms with Gasteiger partial charge in [0.15, 0.2) is 0 Å². The summed E-state index contributed by atoms with van der Waals surface area (Å²) in [7, 11) is 0. The monoisotopic (exact) mass is 593 g/mol. The summed E-state index contributed by atoms with van der Waals surface area (Å²) in [4.78, 5) is 42.8. The number of nitrogens with zero attached hydrogens (tertiary/aromatic N) is 2. The second kappa shape index (κ2) is 9.93. The molecule has 6 nitrogen and oxygen atoms in total. The first-order chi connectivity index (χ1) is 20.3. The number of anilines is 1. The van der Waals surface area contributed by atoms with Crippen LogP contribution in [-0.2, 0) is 26.2 Å². The maximum absolute atomic E-state index is 14.4. The van der Waals surface area contributed by atoms with Crippen LogP contribution in [-0.4, -0.2) is 23.9 Å². The summed E-state index contributed by atoms with van der Waals surface area (Å²) in [6, 6.07) is 28.1. The first kappa shape index (κ1) is 26.6. The first-order valence-electron chi connectivity index (χ1n) is 13.7. The molecule has 4 aromatic rings. The molecule has 4 aliphatic rings. The zero-order valence-electron chi connectivity index (χ0n) is 22.6. The number of amides is 3. The van der Waals surface area contributed by atoms with Gasteiger partial charge in [0.25, 0.3) is 0 Å². The highest BCUT2D eigenvalue weighted by atomic mass is 35.5. The van der Waals surface area contributed by atoms with Gasteiger partial charge in [-0.3, -0.25) is 14.4 Å². The van der Waals surface area contributed by atoms with Crippen molar-refractivity contribution in [3.63, 3.8) is 0 Å². The average Bonchev–Trinajstić information content (AvgIpc) is 3.26. The highest BCUT2D eigenvalue weighted by Gasteiger charge is 2.68. The maximum atomic E-state index is 14.4. The number of nitrogens with one attached hydrogen (secondary N) is 1. The lowest BCUT2D eigenvalue weighted by atomic mass is 9.47. The summed E-state index contributed by atoms with van der Waals surface area (Å²) < 4.78 is 0. The fraction of sp³-hybridized carbons (Fsp3) is 0.176. The topological polar surface area (TPSA) is 78.8 Å². The Bertz CT molecular complexity index is 1770. The number of hydrogen-bond acceptors (Lipinski definition) is 4. The fourth-order valence-corrected chi connectivity index (χ4v) is 7.36. The molecule has 0 aromatic heterocycles. The lowest BCUT2D eigenvalue weighted by molar-refractivity contribution is -0.123. The molecule has 0 radical (unpaired) electrons. The first-order valence-corrected chi connectivity index (χ1v) is 14.5. The van der Waals surface area contributed by atoms with Crippen LogP contribution < -0.4 is 10.3 Å². The lowest BCUT2D eigenvalue weighted by Gasteiger charge is -2.52. The smallest absolute Gasteiger partial charge is 0.244 e. The van der Waals surface area contributed by atoms with Gasteiger partial charge in [0, 0.05) is 22.2 Å². The number of hydrogen-bond donors (Lipinski definition) is 1. The number of benzene rings is 4. The van der Waals surface area contributed by atoms with Crippen molar-refractivity contribution < 1.29 is 14.4 Å². The van der Waals surface area contributed by atoms with Crippen LogP contribution in [0.4, 0.5) is 5.69 Å². The van der Waals surface area contributed by atoms with E-state index in [0.717, 1.165) is 33.4 Å². The highest BCUT2D eigenvalue weighted by Crippen LogP contribution is 2.63. The molecule has 208 valence electrons. The van der Waals surface area contributed by atoms with Crippen molar-refractivity contribution in [3.8, 4) is 0 Å². The molecule has 1 fully saturated rings. The molecule has 2 bridgehead atoms. The summed E-state index contributed by atoms with van der Waals surface area (Å²) >= 11 is 12.4. The van der Waals surface area contributed by atoms with Crippen LogP contribution in [0.2, 0.25) is 10.0 Å².